The van der Waals surface area contributed by atoms with E-state index in [2.05, 4.69) is 138 Å². The second kappa shape index (κ2) is 11.4. The molecule has 4 heteroatoms. The standard InChI is InChI=1S/C46H40N2O2/c1-45(2,3)35-23-17-29-19-25-37(47-41(29)43(35)49)33-21-15-27-11-7-9-13-31(27)39(33)40-32-14-10-8-12-28(32)16-22-34(40)38-26-20-30-18-24-36(46(4,5)6)44(50)42(30)48-38/h7-26,47,49H,1-6H3. The molecular weight excluding hydrogens is 613 g/mol. The van der Waals surface area contributed by atoms with Crippen LogP contribution in [0.5, 0.6) is 5.75 Å². The number of Topliss-reactive ketones (excluding diaryl/α,β-unsaturated/α-hetero) is 1. The van der Waals surface area contributed by atoms with E-state index in [4.69, 9.17) is 4.98 Å². The molecule has 8 rings (SSSR count). The average Bonchev–Trinajstić information content (AvgIpc) is 3.10. The summed E-state index contributed by atoms with van der Waals surface area (Å²) < 4.78 is 0. The zero-order valence-corrected chi connectivity index (χ0v) is 29.3. The summed E-state index contributed by atoms with van der Waals surface area (Å²) in [6, 6.07) is 33.7. The molecule has 0 bridgehead atoms. The number of nitrogens with zero attached hydrogens (tertiary/aromatic N) is 1. The number of carbonyl (C=O) groups excluding carboxylic acids is 1. The number of phenolic OH excluding ortho intramolecular Hbond substituents is 1. The van der Waals surface area contributed by atoms with Crippen LogP contribution in [0.2, 0.25) is 0 Å². The number of ketones is 1. The van der Waals surface area contributed by atoms with Gasteiger partial charge in [-0.2, -0.15) is 0 Å². The summed E-state index contributed by atoms with van der Waals surface area (Å²) in [4.78, 5) is 19.0. The van der Waals surface area contributed by atoms with Crippen LogP contribution in [0.25, 0.3) is 39.4 Å². The molecule has 1 aromatic heterocycles. The lowest BCUT2D eigenvalue weighted by Gasteiger charge is -2.25. The largest absolute Gasteiger partial charge is 0.505 e. The van der Waals surface area contributed by atoms with Gasteiger partial charge in [-0.05, 0) is 44.5 Å². The molecular formula is C46H40N2O2. The maximum absolute atomic E-state index is 13.9. The van der Waals surface area contributed by atoms with Crippen molar-refractivity contribution >= 4 is 50.9 Å². The molecule has 1 aliphatic carbocycles. The van der Waals surface area contributed by atoms with Gasteiger partial charge < -0.3 is 10.4 Å². The first-order valence-corrected chi connectivity index (χ1v) is 17.2. The van der Waals surface area contributed by atoms with E-state index in [0.717, 1.165) is 75.4 Å². The van der Waals surface area contributed by atoms with Crippen LogP contribution in [0.4, 0.5) is 5.69 Å². The fraction of sp³-hybridized carbons (Fsp3) is 0.174. The molecule has 0 amide bonds. The van der Waals surface area contributed by atoms with Gasteiger partial charge >= 0.3 is 0 Å². The smallest absolute Gasteiger partial charge is 0.208 e. The number of benzene rings is 5. The van der Waals surface area contributed by atoms with Crippen LogP contribution in [-0.4, -0.2) is 15.9 Å². The fourth-order valence-electron chi connectivity index (χ4n) is 7.41. The Labute approximate surface area is 291 Å². The van der Waals surface area contributed by atoms with Crippen molar-refractivity contribution < 1.29 is 9.90 Å². The second-order valence-corrected chi connectivity index (χ2v) is 15.4. The molecule has 0 fully saturated rings. The Bertz CT molecular complexity index is 2830. The van der Waals surface area contributed by atoms with Gasteiger partial charge in [0.2, 0.25) is 5.78 Å². The van der Waals surface area contributed by atoms with Crippen molar-refractivity contribution in [3.8, 4) is 5.75 Å². The number of fused-ring (bicyclic) bond motifs is 4. The summed E-state index contributed by atoms with van der Waals surface area (Å²) in [5.74, 6) is 0.249. The van der Waals surface area contributed by atoms with Gasteiger partial charge in [-0.1, -0.05) is 151 Å². The number of pyridine rings is 1. The predicted molar refractivity (Wildman–Crippen MR) is 206 cm³/mol. The van der Waals surface area contributed by atoms with Crippen LogP contribution in [0, 0.1) is 26.4 Å². The molecule has 246 valence electrons. The maximum atomic E-state index is 13.9. The van der Waals surface area contributed by atoms with Crippen molar-refractivity contribution in [3.05, 3.63) is 163 Å². The van der Waals surface area contributed by atoms with Crippen molar-refractivity contribution in [2.45, 2.75) is 47.0 Å². The minimum absolute atomic E-state index is 0.0229. The summed E-state index contributed by atoms with van der Waals surface area (Å²) in [5.41, 5.74) is 4.16. The Hall–Kier alpha value is -5.74. The average molecular weight is 653 g/mol. The number of aromatic nitrogens is 1. The number of hydrogen-bond acceptors (Lipinski definition) is 4. The molecule has 0 saturated carbocycles. The molecule has 0 radical (unpaired) electrons. The lowest BCUT2D eigenvalue weighted by atomic mass is 9.81. The lowest BCUT2D eigenvalue weighted by molar-refractivity contribution is 0.100. The van der Waals surface area contributed by atoms with Gasteiger partial charge in [-0.3, -0.25) is 4.79 Å². The van der Waals surface area contributed by atoms with E-state index in [-0.39, 0.29) is 22.4 Å². The molecule has 0 saturated heterocycles. The highest BCUT2D eigenvalue weighted by atomic mass is 16.3. The van der Waals surface area contributed by atoms with Gasteiger partial charge in [0.05, 0.1) is 11.0 Å². The third-order valence-corrected chi connectivity index (χ3v) is 10.0. The van der Waals surface area contributed by atoms with E-state index >= 15 is 0 Å². The number of aromatic hydroxyl groups is 1. The first kappa shape index (κ1) is 31.5. The number of rotatable bonds is 0. The first-order chi connectivity index (χ1) is 23.9. The summed E-state index contributed by atoms with van der Waals surface area (Å²) in [6.07, 6.45) is 8.12. The number of nitrogens with one attached hydrogen (secondary N) is 1. The van der Waals surface area contributed by atoms with Crippen molar-refractivity contribution in [3.63, 3.8) is 0 Å². The zero-order chi connectivity index (χ0) is 34.9. The van der Waals surface area contributed by atoms with E-state index in [0.29, 0.717) is 11.4 Å². The lowest BCUT2D eigenvalue weighted by Crippen LogP contribution is -2.27. The van der Waals surface area contributed by atoms with Crippen LogP contribution >= 0.6 is 0 Å². The van der Waals surface area contributed by atoms with Gasteiger partial charge in [0.25, 0.3) is 0 Å². The molecule has 4 nitrogen and oxygen atoms in total. The summed E-state index contributed by atoms with van der Waals surface area (Å²) >= 11 is 0. The highest BCUT2D eigenvalue weighted by molar-refractivity contribution is 6.10. The van der Waals surface area contributed by atoms with Crippen LogP contribution < -0.4 is 15.8 Å². The van der Waals surface area contributed by atoms with E-state index in [1.165, 1.54) is 0 Å². The molecule has 0 atom stereocenters. The van der Waals surface area contributed by atoms with Crippen LogP contribution in [-0.2, 0) is 5.41 Å². The molecule has 50 heavy (non-hydrogen) atoms. The van der Waals surface area contributed by atoms with E-state index in [1.54, 1.807) is 0 Å². The molecule has 5 aromatic carbocycles. The monoisotopic (exact) mass is 652 g/mol. The third kappa shape index (κ3) is 5.14. The number of anilines is 1. The Morgan fingerprint density at radius 3 is 1.94 bits per heavy atom. The van der Waals surface area contributed by atoms with Gasteiger partial charge in [0, 0.05) is 48.5 Å². The minimum Gasteiger partial charge on any atom is -0.505 e. The van der Waals surface area contributed by atoms with Crippen LogP contribution in [0.3, 0.4) is 0 Å². The quantitative estimate of drug-likeness (QED) is 0.161. The Morgan fingerprint density at radius 1 is 0.640 bits per heavy atom. The topological polar surface area (TPSA) is 62.2 Å². The van der Waals surface area contributed by atoms with Crippen molar-refractivity contribution in [2.75, 3.05) is 5.32 Å². The minimum atomic E-state index is -0.298. The van der Waals surface area contributed by atoms with Crippen molar-refractivity contribution in [1.29, 1.82) is 0 Å². The highest BCUT2D eigenvalue weighted by Crippen LogP contribution is 2.41. The molecule has 2 N–H and O–H groups in total. The van der Waals surface area contributed by atoms with Gasteiger partial charge in [0.1, 0.15) is 11.4 Å². The zero-order valence-electron chi connectivity index (χ0n) is 29.3. The van der Waals surface area contributed by atoms with Crippen molar-refractivity contribution in [1.82, 2.24) is 4.98 Å². The number of carbonyl (C=O) groups is 1. The number of hydrogen-bond donors (Lipinski definition) is 2. The van der Waals surface area contributed by atoms with Crippen LogP contribution in [0.1, 0.15) is 63.2 Å². The SMILES string of the molecule is CC(C)(C)C1=CC=c2ccc(=c3ccc4ccccc4c3=c3c(=C4C=Cc5ccc(C(C)(C)C)c(O)c5N4)ccc4ccccc34)nc2C1=O. The molecule has 0 spiro atoms. The fourth-order valence-corrected chi connectivity index (χ4v) is 7.41. The van der Waals surface area contributed by atoms with E-state index < -0.39 is 0 Å². The molecule has 6 aromatic rings. The van der Waals surface area contributed by atoms with Crippen LogP contribution in [0.15, 0.2) is 115 Å². The number of phenols is 1. The van der Waals surface area contributed by atoms with Gasteiger partial charge in [-0.15, -0.1) is 0 Å². The van der Waals surface area contributed by atoms with Gasteiger partial charge in [-0.25, -0.2) is 4.98 Å². The molecule has 2 aliphatic rings. The van der Waals surface area contributed by atoms with Crippen molar-refractivity contribution in [2.24, 2.45) is 5.41 Å². The predicted octanol–water partition coefficient (Wildman–Crippen LogP) is 9.16. The summed E-state index contributed by atoms with van der Waals surface area (Å²) in [7, 11) is 0. The highest BCUT2D eigenvalue weighted by Gasteiger charge is 2.28. The Morgan fingerprint density at radius 2 is 1.28 bits per heavy atom. The number of allylic oxidation sites excluding steroid dienone is 2. The Kier molecular flexibility index (Phi) is 7.20. The Balaban J connectivity index is 1.58. The normalized spacial score (nSPS) is 16.8. The van der Waals surface area contributed by atoms with Gasteiger partial charge in [0.15, 0.2) is 0 Å². The first-order valence-electron chi connectivity index (χ1n) is 17.2. The van der Waals surface area contributed by atoms with E-state index in [1.807, 2.05) is 30.4 Å². The van der Waals surface area contributed by atoms with E-state index in [9.17, 15) is 9.90 Å². The third-order valence-electron chi connectivity index (χ3n) is 10.0. The second-order valence-electron chi connectivity index (χ2n) is 15.4. The molecule has 0 unspecified atom stereocenters. The molecule has 2 heterocycles. The summed E-state index contributed by atoms with van der Waals surface area (Å²) in [5, 5.41) is 25.3. The molecule has 1 aliphatic heterocycles. The maximum Gasteiger partial charge on any atom is 0.208 e. The summed E-state index contributed by atoms with van der Waals surface area (Å²) in [6.45, 7) is 12.5.